The first-order chi connectivity index (χ1) is 11.1. The molecule has 0 bridgehead atoms. The lowest BCUT2D eigenvalue weighted by molar-refractivity contribution is -0.140. The maximum atomic E-state index is 11.0. The Balaban J connectivity index is 2.36. The van der Waals surface area contributed by atoms with Crippen LogP contribution in [0.25, 0.3) is 0 Å². The van der Waals surface area contributed by atoms with Gasteiger partial charge in [0, 0.05) is 38.5 Å². The maximum absolute atomic E-state index is 11.0. The largest absolute Gasteiger partial charge is 0.469 e. The van der Waals surface area contributed by atoms with E-state index in [2.05, 4.69) is 50.5 Å². The van der Waals surface area contributed by atoms with E-state index in [0.29, 0.717) is 6.42 Å². The summed E-state index contributed by atoms with van der Waals surface area (Å²) in [6.07, 6.45) is 4.27. The van der Waals surface area contributed by atoms with E-state index >= 15 is 0 Å². The molecule has 0 aliphatic carbocycles. The van der Waals surface area contributed by atoms with Crippen molar-refractivity contribution in [1.29, 1.82) is 0 Å². The van der Waals surface area contributed by atoms with Crippen LogP contribution in [0.3, 0.4) is 0 Å². The zero-order valence-electron chi connectivity index (χ0n) is 14.5. The molecule has 0 aliphatic heterocycles. The molecular formula is C17H27N3O2S. The lowest BCUT2D eigenvalue weighted by Crippen LogP contribution is -2.38. The van der Waals surface area contributed by atoms with Crippen molar-refractivity contribution in [2.45, 2.75) is 30.7 Å². The van der Waals surface area contributed by atoms with E-state index in [1.807, 2.05) is 7.05 Å². The van der Waals surface area contributed by atoms with E-state index in [-0.39, 0.29) is 5.97 Å². The van der Waals surface area contributed by atoms with Crippen LogP contribution in [0.4, 0.5) is 0 Å². The van der Waals surface area contributed by atoms with Gasteiger partial charge in [-0.2, -0.15) is 0 Å². The molecule has 6 heteroatoms. The van der Waals surface area contributed by atoms with Crippen LogP contribution in [0.1, 0.15) is 24.8 Å². The molecule has 0 radical (unpaired) electrons. The highest BCUT2D eigenvalue weighted by molar-refractivity contribution is 7.98. The minimum Gasteiger partial charge on any atom is -0.469 e. The van der Waals surface area contributed by atoms with Crippen molar-refractivity contribution in [3.8, 4) is 0 Å². The number of ether oxygens (including phenoxy) is 1. The highest BCUT2D eigenvalue weighted by Gasteiger charge is 2.06. The van der Waals surface area contributed by atoms with Crippen LogP contribution in [0.15, 0.2) is 34.2 Å². The molecule has 1 rings (SSSR count). The predicted molar refractivity (Wildman–Crippen MR) is 96.9 cm³/mol. The molecule has 5 nitrogen and oxygen atoms in total. The summed E-state index contributed by atoms with van der Waals surface area (Å²) in [6, 6.07) is 8.56. The Hall–Kier alpha value is -1.69. The first-order valence-electron chi connectivity index (χ1n) is 7.72. The summed E-state index contributed by atoms with van der Waals surface area (Å²) >= 11 is 1.74. The molecule has 0 amide bonds. The molecule has 0 heterocycles. The fourth-order valence-corrected chi connectivity index (χ4v) is 2.57. The van der Waals surface area contributed by atoms with E-state index in [0.717, 1.165) is 31.9 Å². The number of hydrogen-bond donors (Lipinski definition) is 1. The van der Waals surface area contributed by atoms with E-state index in [1.54, 1.807) is 18.8 Å². The van der Waals surface area contributed by atoms with Gasteiger partial charge in [0.15, 0.2) is 5.96 Å². The number of aliphatic imine (C=N–C) groups is 1. The van der Waals surface area contributed by atoms with Gasteiger partial charge in [-0.05, 0) is 36.8 Å². The number of unbranched alkanes of at least 4 members (excludes halogenated alkanes) is 1. The smallest absolute Gasteiger partial charge is 0.305 e. The van der Waals surface area contributed by atoms with E-state index < -0.39 is 0 Å². The average molecular weight is 337 g/mol. The van der Waals surface area contributed by atoms with Crippen LogP contribution in [-0.4, -0.2) is 50.8 Å². The Morgan fingerprint density at radius 3 is 2.57 bits per heavy atom. The molecule has 0 saturated heterocycles. The average Bonchev–Trinajstić information content (AvgIpc) is 2.58. The standard InChI is InChI=1S/C17H27N3O2S/c1-18-17(19-12-6-5-7-16(21)22-3)20(2)13-14-8-10-15(23-4)11-9-14/h8-11H,5-7,12-13H2,1-4H3,(H,18,19). The summed E-state index contributed by atoms with van der Waals surface area (Å²) in [5.41, 5.74) is 1.25. The number of rotatable bonds is 8. The van der Waals surface area contributed by atoms with Crippen LogP contribution in [0, 0.1) is 0 Å². The van der Waals surface area contributed by atoms with Crippen molar-refractivity contribution in [2.24, 2.45) is 4.99 Å². The molecule has 1 aromatic carbocycles. The molecule has 0 fully saturated rings. The third kappa shape index (κ3) is 7.41. The zero-order chi connectivity index (χ0) is 17.1. The number of carbonyl (C=O) groups is 1. The third-order valence-electron chi connectivity index (χ3n) is 3.47. The van der Waals surface area contributed by atoms with Crippen LogP contribution in [-0.2, 0) is 16.1 Å². The second-order valence-electron chi connectivity index (χ2n) is 5.21. The topological polar surface area (TPSA) is 53.9 Å². The van der Waals surface area contributed by atoms with Gasteiger partial charge in [-0.25, -0.2) is 0 Å². The van der Waals surface area contributed by atoms with Gasteiger partial charge in [-0.3, -0.25) is 9.79 Å². The number of esters is 1. The van der Waals surface area contributed by atoms with Crippen LogP contribution < -0.4 is 5.32 Å². The molecule has 1 aromatic rings. The van der Waals surface area contributed by atoms with E-state index in [9.17, 15) is 4.79 Å². The molecule has 0 spiro atoms. The molecule has 23 heavy (non-hydrogen) atoms. The fourth-order valence-electron chi connectivity index (χ4n) is 2.16. The summed E-state index contributed by atoms with van der Waals surface area (Å²) in [6.45, 7) is 1.59. The summed E-state index contributed by atoms with van der Waals surface area (Å²) in [7, 11) is 5.22. The molecule has 0 aliphatic rings. The monoisotopic (exact) mass is 337 g/mol. The first kappa shape index (κ1) is 19.4. The second-order valence-corrected chi connectivity index (χ2v) is 6.09. The van der Waals surface area contributed by atoms with Crippen LogP contribution >= 0.6 is 11.8 Å². The predicted octanol–water partition coefficient (Wildman–Crippen LogP) is 2.76. The molecule has 1 N–H and O–H groups in total. The Morgan fingerprint density at radius 2 is 2.00 bits per heavy atom. The Kier molecular flexibility index (Phi) is 9.21. The van der Waals surface area contributed by atoms with E-state index in [1.165, 1.54) is 17.6 Å². The Labute approximate surface area is 143 Å². The number of carbonyl (C=O) groups excluding carboxylic acids is 1. The van der Waals surface area contributed by atoms with E-state index in [4.69, 9.17) is 0 Å². The number of benzene rings is 1. The summed E-state index contributed by atoms with van der Waals surface area (Å²) in [5, 5.41) is 3.32. The highest BCUT2D eigenvalue weighted by Crippen LogP contribution is 2.15. The number of hydrogen-bond acceptors (Lipinski definition) is 4. The normalized spacial score (nSPS) is 11.2. The fraction of sp³-hybridized carbons (Fsp3) is 0.529. The van der Waals surface area contributed by atoms with Gasteiger partial charge in [-0.1, -0.05) is 12.1 Å². The first-order valence-corrected chi connectivity index (χ1v) is 8.94. The van der Waals surface area contributed by atoms with Gasteiger partial charge in [0.2, 0.25) is 0 Å². The van der Waals surface area contributed by atoms with Crippen molar-refractivity contribution in [2.75, 3.05) is 34.0 Å². The van der Waals surface area contributed by atoms with Crippen LogP contribution in [0.2, 0.25) is 0 Å². The quantitative estimate of drug-likeness (QED) is 0.260. The molecule has 0 unspecified atom stereocenters. The van der Waals surface area contributed by atoms with Crippen molar-refractivity contribution >= 4 is 23.7 Å². The minimum atomic E-state index is -0.153. The minimum absolute atomic E-state index is 0.153. The molecule has 0 aromatic heterocycles. The molecule has 0 saturated carbocycles. The van der Waals surface area contributed by atoms with Crippen molar-refractivity contribution in [3.05, 3.63) is 29.8 Å². The van der Waals surface area contributed by atoms with Crippen molar-refractivity contribution in [1.82, 2.24) is 10.2 Å². The van der Waals surface area contributed by atoms with Gasteiger partial charge in [0.1, 0.15) is 0 Å². The Bertz CT molecular complexity index is 503. The molecular weight excluding hydrogens is 310 g/mol. The van der Waals surface area contributed by atoms with Crippen molar-refractivity contribution < 1.29 is 9.53 Å². The summed E-state index contributed by atoms with van der Waals surface area (Å²) in [5.74, 6) is 0.706. The second kappa shape index (κ2) is 10.9. The van der Waals surface area contributed by atoms with Crippen molar-refractivity contribution in [3.63, 3.8) is 0 Å². The number of nitrogens with one attached hydrogen (secondary N) is 1. The number of methoxy groups -OCH3 is 1. The lowest BCUT2D eigenvalue weighted by atomic mass is 10.2. The Morgan fingerprint density at radius 1 is 1.30 bits per heavy atom. The van der Waals surface area contributed by atoms with Gasteiger partial charge in [-0.15, -0.1) is 11.8 Å². The number of nitrogens with zero attached hydrogens (tertiary/aromatic N) is 2. The molecule has 0 atom stereocenters. The SMILES string of the molecule is CN=C(NCCCCC(=O)OC)N(C)Cc1ccc(SC)cc1. The van der Waals surface area contributed by atoms with Gasteiger partial charge in [0.25, 0.3) is 0 Å². The third-order valence-corrected chi connectivity index (χ3v) is 4.21. The zero-order valence-corrected chi connectivity index (χ0v) is 15.3. The summed E-state index contributed by atoms with van der Waals surface area (Å²) in [4.78, 5) is 18.7. The highest BCUT2D eigenvalue weighted by atomic mass is 32.2. The van der Waals surface area contributed by atoms with Crippen LogP contribution in [0.5, 0.6) is 0 Å². The summed E-state index contributed by atoms with van der Waals surface area (Å²) < 4.78 is 4.63. The van der Waals surface area contributed by atoms with Gasteiger partial charge >= 0.3 is 5.97 Å². The number of guanidine groups is 1. The number of thioether (sulfide) groups is 1. The molecule has 128 valence electrons. The van der Waals surface area contributed by atoms with Gasteiger partial charge < -0.3 is 15.0 Å². The lowest BCUT2D eigenvalue weighted by Gasteiger charge is -2.22. The maximum Gasteiger partial charge on any atom is 0.305 e. The van der Waals surface area contributed by atoms with Gasteiger partial charge in [0.05, 0.1) is 7.11 Å².